The maximum Gasteiger partial charge on any atom is 0.120 e. The van der Waals surface area contributed by atoms with E-state index in [1.165, 1.54) is 0 Å². The summed E-state index contributed by atoms with van der Waals surface area (Å²) in [6.45, 7) is 1.40. The Morgan fingerprint density at radius 2 is 1.54 bits per heavy atom. The number of hydrogen-bond donors (Lipinski definition) is 0. The minimum atomic E-state index is -0.466. The normalized spacial score (nSPS) is 11.0. The van der Waals surface area contributed by atoms with Gasteiger partial charge in [-0.3, -0.25) is 0 Å². The number of ether oxygens (including phenoxy) is 3. The fraction of sp³-hybridized carbons (Fsp3) is 0.286. The molecule has 0 bridgehead atoms. The largest absolute Gasteiger partial charge is 0.491 e. The molecule has 1 heterocycles. The molecule has 136 valence electrons. The minimum Gasteiger partial charge on any atom is -0.491 e. The molecule has 3 aromatic rings. The fourth-order valence-electron chi connectivity index (χ4n) is 2.56. The van der Waals surface area contributed by atoms with Crippen molar-refractivity contribution in [2.75, 3.05) is 39.7 Å². The highest BCUT2D eigenvalue weighted by molar-refractivity contribution is 5.82. The number of hydrogen-bond acceptors (Lipinski definition) is 4. The van der Waals surface area contributed by atoms with E-state index < -0.39 is 6.67 Å². The van der Waals surface area contributed by atoms with Crippen molar-refractivity contribution in [1.82, 2.24) is 4.98 Å². The third kappa shape index (κ3) is 5.25. The van der Waals surface area contributed by atoms with Crippen molar-refractivity contribution in [2.45, 2.75) is 0 Å². The first-order valence-corrected chi connectivity index (χ1v) is 8.67. The number of benzene rings is 2. The van der Waals surface area contributed by atoms with Gasteiger partial charge in [0.15, 0.2) is 0 Å². The van der Waals surface area contributed by atoms with E-state index in [1.807, 2.05) is 54.6 Å². The molecule has 0 amide bonds. The maximum atomic E-state index is 11.8. The van der Waals surface area contributed by atoms with Crippen LogP contribution >= 0.6 is 0 Å². The van der Waals surface area contributed by atoms with Crippen molar-refractivity contribution in [3.8, 4) is 17.0 Å². The molecule has 0 aliphatic rings. The van der Waals surface area contributed by atoms with E-state index in [0.29, 0.717) is 26.4 Å². The first kappa shape index (κ1) is 18.3. The topological polar surface area (TPSA) is 40.6 Å². The fourth-order valence-corrected chi connectivity index (χ4v) is 2.56. The summed E-state index contributed by atoms with van der Waals surface area (Å²) in [6, 6.07) is 20.0. The van der Waals surface area contributed by atoms with Gasteiger partial charge >= 0.3 is 0 Å². The molecule has 3 rings (SSSR count). The molecule has 0 N–H and O–H groups in total. The van der Waals surface area contributed by atoms with E-state index in [1.54, 1.807) is 0 Å². The van der Waals surface area contributed by atoms with Gasteiger partial charge in [0.25, 0.3) is 0 Å². The zero-order chi connectivity index (χ0) is 18.0. The van der Waals surface area contributed by atoms with Crippen LogP contribution in [0.3, 0.4) is 0 Å². The average Bonchev–Trinajstić information content (AvgIpc) is 2.70. The standard InChI is InChI=1S/C21H22FNO3/c22-10-11-24-12-13-25-14-15-26-19-7-9-21-18(16-19)6-8-20(23-21)17-4-2-1-3-5-17/h1-9,16H,10-15H2/i22-1. The van der Waals surface area contributed by atoms with Crippen molar-refractivity contribution in [2.24, 2.45) is 0 Å². The quantitative estimate of drug-likeness (QED) is 0.510. The maximum absolute atomic E-state index is 11.8. The van der Waals surface area contributed by atoms with E-state index in [9.17, 15) is 4.39 Å². The second kappa shape index (κ2) is 9.85. The Hall–Kier alpha value is -2.50. The van der Waals surface area contributed by atoms with Crippen LogP contribution in [-0.4, -0.2) is 44.7 Å². The summed E-state index contributed by atoms with van der Waals surface area (Å²) in [4.78, 5) is 4.71. The van der Waals surface area contributed by atoms with E-state index in [2.05, 4.69) is 6.07 Å². The Kier molecular flexibility index (Phi) is 6.93. The molecule has 0 fully saturated rings. The smallest absolute Gasteiger partial charge is 0.120 e. The molecule has 1 aromatic heterocycles. The first-order chi connectivity index (χ1) is 12.9. The van der Waals surface area contributed by atoms with Gasteiger partial charge in [0, 0.05) is 10.9 Å². The van der Waals surface area contributed by atoms with Crippen LogP contribution in [0.2, 0.25) is 0 Å². The lowest BCUT2D eigenvalue weighted by Gasteiger charge is -2.09. The van der Waals surface area contributed by atoms with Gasteiger partial charge in [0.05, 0.1) is 37.6 Å². The van der Waals surface area contributed by atoms with Gasteiger partial charge in [-0.25, -0.2) is 9.37 Å². The SMILES string of the molecule is [18F]CCOCCOCCOc1ccc2nc(-c3ccccc3)ccc2c1. The average molecular weight is 354 g/mol. The van der Waals surface area contributed by atoms with Crippen LogP contribution in [0.25, 0.3) is 22.2 Å². The van der Waals surface area contributed by atoms with Crippen molar-refractivity contribution in [3.05, 3.63) is 60.7 Å². The summed E-state index contributed by atoms with van der Waals surface area (Å²) in [7, 11) is 0. The highest BCUT2D eigenvalue weighted by Gasteiger charge is 2.03. The molecule has 0 saturated heterocycles. The summed E-state index contributed by atoms with van der Waals surface area (Å²) in [6.07, 6.45) is 0. The molecule has 0 radical (unpaired) electrons. The lowest BCUT2D eigenvalue weighted by atomic mass is 10.1. The highest BCUT2D eigenvalue weighted by Crippen LogP contribution is 2.24. The molecular weight excluding hydrogens is 332 g/mol. The summed E-state index contributed by atoms with van der Waals surface area (Å²) < 4.78 is 27.9. The molecular formula is C21H22FNO3. The predicted molar refractivity (Wildman–Crippen MR) is 100 cm³/mol. The van der Waals surface area contributed by atoms with E-state index in [4.69, 9.17) is 19.2 Å². The Balaban J connectivity index is 1.51. The number of halogens is 1. The number of alkyl halides is 1. The second-order valence-electron chi connectivity index (χ2n) is 5.68. The van der Waals surface area contributed by atoms with Gasteiger partial charge in [-0.2, -0.15) is 0 Å². The number of rotatable bonds is 10. The van der Waals surface area contributed by atoms with Gasteiger partial charge in [0.2, 0.25) is 0 Å². The van der Waals surface area contributed by atoms with E-state index in [-0.39, 0.29) is 6.61 Å². The monoisotopic (exact) mass is 354 g/mol. The summed E-state index contributed by atoms with van der Waals surface area (Å²) in [5.41, 5.74) is 2.98. The van der Waals surface area contributed by atoms with Crippen LogP contribution in [0, 0.1) is 0 Å². The molecule has 0 saturated carbocycles. The van der Waals surface area contributed by atoms with Gasteiger partial charge in [-0.15, -0.1) is 0 Å². The van der Waals surface area contributed by atoms with Crippen LogP contribution < -0.4 is 4.74 Å². The number of fused-ring (bicyclic) bond motifs is 1. The van der Waals surface area contributed by atoms with Crippen molar-refractivity contribution >= 4 is 10.9 Å². The molecule has 0 aliphatic carbocycles. The van der Waals surface area contributed by atoms with Gasteiger partial charge < -0.3 is 14.2 Å². The van der Waals surface area contributed by atoms with Gasteiger partial charge in [0.1, 0.15) is 19.0 Å². The van der Waals surface area contributed by atoms with Crippen molar-refractivity contribution in [3.63, 3.8) is 0 Å². The van der Waals surface area contributed by atoms with Crippen LogP contribution in [0.4, 0.5) is 4.39 Å². The Morgan fingerprint density at radius 3 is 2.35 bits per heavy atom. The third-order valence-corrected chi connectivity index (χ3v) is 3.82. The zero-order valence-electron chi connectivity index (χ0n) is 14.6. The number of aromatic nitrogens is 1. The Bertz CT molecular complexity index is 811. The molecule has 0 unspecified atom stereocenters. The Labute approximate surface area is 152 Å². The zero-order valence-corrected chi connectivity index (χ0v) is 14.6. The van der Waals surface area contributed by atoms with Crippen LogP contribution in [0.15, 0.2) is 60.7 Å². The summed E-state index contributed by atoms with van der Waals surface area (Å²) in [5, 5.41) is 1.03. The number of pyridine rings is 1. The van der Waals surface area contributed by atoms with Crippen molar-refractivity contribution in [1.29, 1.82) is 0 Å². The highest BCUT2D eigenvalue weighted by atomic mass is 18.2. The molecule has 2 aromatic carbocycles. The van der Waals surface area contributed by atoms with Crippen molar-refractivity contribution < 1.29 is 18.6 Å². The predicted octanol–water partition coefficient (Wildman–Crippen LogP) is 4.28. The first-order valence-electron chi connectivity index (χ1n) is 8.67. The van der Waals surface area contributed by atoms with Crippen LogP contribution in [0.1, 0.15) is 0 Å². The van der Waals surface area contributed by atoms with Gasteiger partial charge in [-0.1, -0.05) is 36.4 Å². The van der Waals surface area contributed by atoms with E-state index in [0.717, 1.165) is 27.9 Å². The van der Waals surface area contributed by atoms with Crippen LogP contribution in [-0.2, 0) is 9.47 Å². The second-order valence-corrected chi connectivity index (χ2v) is 5.68. The van der Waals surface area contributed by atoms with Gasteiger partial charge in [-0.05, 0) is 24.3 Å². The molecule has 0 atom stereocenters. The lowest BCUT2D eigenvalue weighted by Crippen LogP contribution is -2.11. The molecule has 26 heavy (non-hydrogen) atoms. The molecule has 5 heteroatoms. The Morgan fingerprint density at radius 1 is 0.769 bits per heavy atom. The third-order valence-electron chi connectivity index (χ3n) is 3.82. The van der Waals surface area contributed by atoms with Crippen LogP contribution in [0.5, 0.6) is 5.75 Å². The van der Waals surface area contributed by atoms with E-state index >= 15 is 0 Å². The number of nitrogens with zero attached hydrogens (tertiary/aromatic N) is 1. The molecule has 0 aliphatic heterocycles. The lowest BCUT2D eigenvalue weighted by molar-refractivity contribution is 0.0325. The minimum absolute atomic E-state index is 0.122. The summed E-state index contributed by atoms with van der Waals surface area (Å²) >= 11 is 0. The summed E-state index contributed by atoms with van der Waals surface area (Å²) in [5.74, 6) is 0.782. The molecule has 0 spiro atoms. The molecule has 4 nitrogen and oxygen atoms in total.